The minimum absolute atomic E-state index is 0.0137. The Morgan fingerprint density at radius 1 is 1.19 bits per heavy atom. The molecule has 2 aromatic rings. The van der Waals surface area contributed by atoms with Crippen molar-refractivity contribution in [3.8, 4) is 0 Å². The van der Waals surface area contributed by atoms with Crippen LogP contribution in [0.5, 0.6) is 0 Å². The number of aryl methyl sites for hydroxylation is 2. The fraction of sp³-hybridized carbons (Fsp3) is 0.308. The zero-order chi connectivity index (χ0) is 11.5. The van der Waals surface area contributed by atoms with Crippen LogP contribution in [0.3, 0.4) is 0 Å². The minimum atomic E-state index is 0.0137. The SMILES string of the molecule is Cc1cc(C)cc(Cc2ncc(CO)[nH]2)c1. The van der Waals surface area contributed by atoms with E-state index in [1.54, 1.807) is 6.20 Å². The molecule has 0 aliphatic rings. The summed E-state index contributed by atoms with van der Waals surface area (Å²) in [5, 5.41) is 8.93. The predicted octanol–water partition coefficient (Wildman–Crippen LogP) is 2.11. The van der Waals surface area contributed by atoms with Gasteiger partial charge in [-0.05, 0) is 19.4 Å². The highest BCUT2D eigenvalue weighted by molar-refractivity contribution is 5.30. The van der Waals surface area contributed by atoms with E-state index in [1.165, 1.54) is 16.7 Å². The molecule has 16 heavy (non-hydrogen) atoms. The van der Waals surface area contributed by atoms with E-state index in [9.17, 15) is 0 Å². The van der Waals surface area contributed by atoms with Crippen molar-refractivity contribution in [3.05, 3.63) is 52.6 Å². The molecule has 0 bridgehead atoms. The van der Waals surface area contributed by atoms with Crippen LogP contribution in [0.2, 0.25) is 0 Å². The van der Waals surface area contributed by atoms with Crippen molar-refractivity contribution in [3.63, 3.8) is 0 Å². The van der Waals surface area contributed by atoms with Gasteiger partial charge in [0.2, 0.25) is 0 Å². The van der Waals surface area contributed by atoms with Crippen molar-refractivity contribution < 1.29 is 5.11 Å². The molecule has 0 atom stereocenters. The van der Waals surface area contributed by atoms with E-state index < -0.39 is 0 Å². The van der Waals surface area contributed by atoms with Gasteiger partial charge in [-0.3, -0.25) is 0 Å². The van der Waals surface area contributed by atoms with Crippen LogP contribution in [-0.4, -0.2) is 15.1 Å². The van der Waals surface area contributed by atoms with Gasteiger partial charge in [-0.2, -0.15) is 0 Å². The third kappa shape index (κ3) is 2.49. The van der Waals surface area contributed by atoms with Crippen LogP contribution < -0.4 is 0 Å². The molecule has 0 amide bonds. The quantitative estimate of drug-likeness (QED) is 0.825. The van der Waals surface area contributed by atoms with Gasteiger partial charge in [0.05, 0.1) is 18.5 Å². The summed E-state index contributed by atoms with van der Waals surface area (Å²) in [6.45, 7) is 4.20. The molecule has 1 aromatic carbocycles. The van der Waals surface area contributed by atoms with E-state index >= 15 is 0 Å². The van der Waals surface area contributed by atoms with Crippen molar-refractivity contribution in [2.24, 2.45) is 0 Å². The number of rotatable bonds is 3. The lowest BCUT2D eigenvalue weighted by molar-refractivity contribution is 0.277. The van der Waals surface area contributed by atoms with E-state index in [4.69, 9.17) is 5.11 Å². The van der Waals surface area contributed by atoms with Crippen LogP contribution in [0.25, 0.3) is 0 Å². The Hall–Kier alpha value is -1.61. The molecule has 1 heterocycles. The molecule has 3 heteroatoms. The third-order valence-corrected chi connectivity index (χ3v) is 2.50. The topological polar surface area (TPSA) is 48.9 Å². The Balaban J connectivity index is 2.19. The number of hydrogen-bond donors (Lipinski definition) is 2. The Morgan fingerprint density at radius 2 is 1.88 bits per heavy atom. The number of nitrogens with one attached hydrogen (secondary N) is 1. The highest BCUT2D eigenvalue weighted by Gasteiger charge is 2.02. The molecule has 1 aromatic heterocycles. The highest BCUT2D eigenvalue weighted by Crippen LogP contribution is 2.12. The van der Waals surface area contributed by atoms with Gasteiger partial charge < -0.3 is 10.1 Å². The summed E-state index contributed by atoms with van der Waals surface area (Å²) in [7, 11) is 0. The van der Waals surface area contributed by atoms with E-state index in [0.717, 1.165) is 17.9 Å². The maximum Gasteiger partial charge on any atom is 0.110 e. The average molecular weight is 216 g/mol. The van der Waals surface area contributed by atoms with Crippen molar-refractivity contribution >= 4 is 0 Å². The van der Waals surface area contributed by atoms with Crippen LogP contribution >= 0.6 is 0 Å². The second kappa shape index (κ2) is 4.49. The summed E-state index contributed by atoms with van der Waals surface area (Å²) in [4.78, 5) is 7.32. The van der Waals surface area contributed by atoms with Crippen LogP contribution in [0.1, 0.15) is 28.2 Å². The number of aromatic nitrogens is 2. The number of benzene rings is 1. The van der Waals surface area contributed by atoms with Gasteiger partial charge in [0.1, 0.15) is 5.82 Å². The Labute approximate surface area is 95.2 Å². The van der Waals surface area contributed by atoms with Gasteiger partial charge in [0.25, 0.3) is 0 Å². The zero-order valence-electron chi connectivity index (χ0n) is 9.62. The number of hydrogen-bond acceptors (Lipinski definition) is 2. The summed E-state index contributed by atoms with van der Waals surface area (Å²) in [6.07, 6.45) is 2.46. The lowest BCUT2D eigenvalue weighted by Crippen LogP contribution is -1.93. The molecule has 0 radical (unpaired) electrons. The number of aromatic amines is 1. The van der Waals surface area contributed by atoms with Gasteiger partial charge >= 0.3 is 0 Å². The molecular formula is C13H16N2O. The van der Waals surface area contributed by atoms with Gasteiger partial charge in [0, 0.05) is 6.42 Å². The predicted molar refractivity (Wildman–Crippen MR) is 63.2 cm³/mol. The molecule has 0 aliphatic carbocycles. The number of imidazole rings is 1. The second-order valence-electron chi connectivity index (χ2n) is 4.19. The van der Waals surface area contributed by atoms with Gasteiger partial charge in [0.15, 0.2) is 0 Å². The molecule has 0 saturated heterocycles. The zero-order valence-corrected chi connectivity index (χ0v) is 9.62. The van der Waals surface area contributed by atoms with Gasteiger partial charge in [-0.1, -0.05) is 29.3 Å². The smallest absolute Gasteiger partial charge is 0.110 e. The minimum Gasteiger partial charge on any atom is -0.390 e. The Morgan fingerprint density at radius 3 is 2.44 bits per heavy atom. The van der Waals surface area contributed by atoms with Crippen LogP contribution in [-0.2, 0) is 13.0 Å². The maximum atomic E-state index is 8.93. The maximum absolute atomic E-state index is 8.93. The molecule has 2 N–H and O–H groups in total. The van der Waals surface area contributed by atoms with E-state index in [2.05, 4.69) is 42.0 Å². The summed E-state index contributed by atoms with van der Waals surface area (Å²) in [5.41, 5.74) is 4.54. The normalized spacial score (nSPS) is 10.7. The number of aliphatic hydroxyl groups excluding tert-OH is 1. The lowest BCUT2D eigenvalue weighted by atomic mass is 10.1. The molecule has 0 aliphatic heterocycles. The molecule has 0 fully saturated rings. The number of aliphatic hydroxyl groups is 1. The standard InChI is InChI=1S/C13H16N2O/c1-9-3-10(2)5-11(4-9)6-13-14-7-12(8-16)15-13/h3-5,7,16H,6,8H2,1-2H3,(H,14,15). The van der Waals surface area contributed by atoms with E-state index in [-0.39, 0.29) is 6.61 Å². The van der Waals surface area contributed by atoms with Crippen molar-refractivity contribution in [1.82, 2.24) is 9.97 Å². The summed E-state index contributed by atoms with van der Waals surface area (Å²) in [6, 6.07) is 6.48. The first kappa shape index (κ1) is 10.9. The third-order valence-electron chi connectivity index (χ3n) is 2.50. The number of H-pyrrole nitrogens is 1. The molecular weight excluding hydrogens is 200 g/mol. The van der Waals surface area contributed by atoms with Crippen molar-refractivity contribution in [1.29, 1.82) is 0 Å². The fourth-order valence-electron chi connectivity index (χ4n) is 1.94. The highest BCUT2D eigenvalue weighted by atomic mass is 16.3. The average Bonchev–Trinajstić information content (AvgIpc) is 2.64. The molecule has 84 valence electrons. The summed E-state index contributed by atoms with van der Waals surface area (Å²) >= 11 is 0. The van der Waals surface area contributed by atoms with E-state index in [0.29, 0.717) is 0 Å². The van der Waals surface area contributed by atoms with Gasteiger partial charge in [-0.25, -0.2) is 4.98 Å². The molecule has 2 rings (SSSR count). The van der Waals surface area contributed by atoms with Crippen molar-refractivity contribution in [2.45, 2.75) is 26.9 Å². The fourth-order valence-corrected chi connectivity index (χ4v) is 1.94. The summed E-state index contributed by atoms with van der Waals surface area (Å²) in [5.74, 6) is 0.897. The Kier molecular flexibility index (Phi) is 3.06. The van der Waals surface area contributed by atoms with Crippen LogP contribution in [0.4, 0.5) is 0 Å². The molecule has 0 spiro atoms. The van der Waals surface area contributed by atoms with Crippen LogP contribution in [0.15, 0.2) is 24.4 Å². The number of nitrogens with zero attached hydrogens (tertiary/aromatic N) is 1. The second-order valence-corrected chi connectivity index (χ2v) is 4.19. The largest absolute Gasteiger partial charge is 0.390 e. The molecule has 0 unspecified atom stereocenters. The molecule has 0 saturated carbocycles. The van der Waals surface area contributed by atoms with Crippen LogP contribution in [0, 0.1) is 13.8 Å². The Bertz CT molecular complexity index is 468. The first-order chi connectivity index (χ1) is 7.67. The van der Waals surface area contributed by atoms with Crippen molar-refractivity contribution in [2.75, 3.05) is 0 Å². The lowest BCUT2D eigenvalue weighted by Gasteiger charge is -2.03. The summed E-state index contributed by atoms with van der Waals surface area (Å²) < 4.78 is 0. The molecule has 3 nitrogen and oxygen atoms in total. The first-order valence-electron chi connectivity index (χ1n) is 5.38. The van der Waals surface area contributed by atoms with E-state index in [1.807, 2.05) is 0 Å². The van der Waals surface area contributed by atoms with Gasteiger partial charge in [-0.15, -0.1) is 0 Å². The first-order valence-corrected chi connectivity index (χ1v) is 5.38. The monoisotopic (exact) mass is 216 g/mol.